The summed E-state index contributed by atoms with van der Waals surface area (Å²) in [6, 6.07) is 14.7. The zero-order valence-corrected chi connectivity index (χ0v) is 15.0. The Balaban J connectivity index is 1.48. The largest absolute Gasteiger partial charge is 0.345 e. The van der Waals surface area contributed by atoms with E-state index >= 15 is 0 Å². The predicted octanol–water partition coefficient (Wildman–Crippen LogP) is 3.75. The molecule has 2 aliphatic rings. The van der Waals surface area contributed by atoms with Crippen LogP contribution >= 0.6 is 11.6 Å². The fourth-order valence-electron chi connectivity index (χ4n) is 3.31. The first-order chi connectivity index (χ1) is 12.6. The molecule has 2 N–H and O–H groups in total. The summed E-state index contributed by atoms with van der Waals surface area (Å²) in [4.78, 5) is 26.1. The minimum atomic E-state index is -0.103. The van der Waals surface area contributed by atoms with Gasteiger partial charge in [-0.1, -0.05) is 23.7 Å². The second kappa shape index (κ2) is 7.00. The molecular formula is C20H20ClN3O2. The molecule has 4 rings (SSSR count). The summed E-state index contributed by atoms with van der Waals surface area (Å²) >= 11 is 5.97. The number of hydrogen-bond acceptors (Lipinski definition) is 2. The highest BCUT2D eigenvalue weighted by Crippen LogP contribution is 2.41. The van der Waals surface area contributed by atoms with Gasteiger partial charge in [-0.25, -0.2) is 4.79 Å². The number of hydrogen-bond donors (Lipinski definition) is 2. The van der Waals surface area contributed by atoms with Crippen molar-refractivity contribution in [1.82, 2.24) is 10.6 Å². The average Bonchev–Trinajstić information content (AvgIpc) is 3.41. The molecule has 26 heavy (non-hydrogen) atoms. The van der Waals surface area contributed by atoms with Crippen LogP contribution in [-0.2, 0) is 0 Å². The normalized spacial score (nSPS) is 17.7. The molecule has 1 saturated heterocycles. The summed E-state index contributed by atoms with van der Waals surface area (Å²) in [6.07, 6.45) is 2.24. The van der Waals surface area contributed by atoms with Crippen molar-refractivity contribution in [1.29, 1.82) is 0 Å². The lowest BCUT2D eigenvalue weighted by atomic mass is 10.0. The zero-order chi connectivity index (χ0) is 18.1. The molecule has 1 aliphatic carbocycles. The van der Waals surface area contributed by atoms with Crippen LogP contribution in [0.3, 0.4) is 0 Å². The fraction of sp³-hybridized carbons (Fsp3) is 0.300. The predicted molar refractivity (Wildman–Crippen MR) is 102 cm³/mol. The maximum absolute atomic E-state index is 12.7. The van der Waals surface area contributed by atoms with Gasteiger partial charge in [0.25, 0.3) is 5.91 Å². The molecule has 2 aromatic carbocycles. The van der Waals surface area contributed by atoms with Crippen molar-refractivity contribution in [3.63, 3.8) is 0 Å². The van der Waals surface area contributed by atoms with Crippen LogP contribution in [0.1, 0.15) is 34.8 Å². The van der Waals surface area contributed by atoms with Crippen molar-refractivity contribution in [3.05, 3.63) is 64.7 Å². The van der Waals surface area contributed by atoms with Gasteiger partial charge < -0.3 is 10.6 Å². The third-order valence-electron chi connectivity index (χ3n) is 4.91. The van der Waals surface area contributed by atoms with Crippen LogP contribution in [0.2, 0.25) is 5.02 Å². The highest BCUT2D eigenvalue weighted by Gasteiger charge is 2.33. The van der Waals surface area contributed by atoms with Crippen molar-refractivity contribution in [2.24, 2.45) is 5.92 Å². The Labute approximate surface area is 157 Å². The number of halogens is 1. The zero-order valence-electron chi connectivity index (χ0n) is 14.2. The molecule has 1 atom stereocenters. The maximum Gasteiger partial charge on any atom is 0.321 e. The van der Waals surface area contributed by atoms with Gasteiger partial charge in [0.15, 0.2) is 0 Å². The summed E-state index contributed by atoms with van der Waals surface area (Å²) in [6.45, 7) is 1.29. The number of anilines is 1. The van der Waals surface area contributed by atoms with Crippen LogP contribution in [-0.4, -0.2) is 25.0 Å². The lowest BCUT2D eigenvalue weighted by Gasteiger charge is -2.19. The molecule has 134 valence electrons. The molecule has 3 amide bonds. The maximum atomic E-state index is 12.7. The van der Waals surface area contributed by atoms with E-state index in [0.717, 1.165) is 24.1 Å². The topological polar surface area (TPSA) is 61.4 Å². The summed E-state index contributed by atoms with van der Waals surface area (Å²) < 4.78 is 0. The smallest absolute Gasteiger partial charge is 0.321 e. The second-order valence-electron chi connectivity index (χ2n) is 6.77. The van der Waals surface area contributed by atoms with Crippen molar-refractivity contribution >= 4 is 29.2 Å². The molecule has 0 aromatic heterocycles. The van der Waals surface area contributed by atoms with Gasteiger partial charge in [-0.2, -0.15) is 0 Å². The van der Waals surface area contributed by atoms with Crippen LogP contribution in [0.5, 0.6) is 0 Å². The molecule has 1 saturated carbocycles. The number of carbonyl (C=O) groups is 2. The molecule has 1 aliphatic heterocycles. The van der Waals surface area contributed by atoms with Crippen molar-refractivity contribution in [2.45, 2.75) is 18.9 Å². The Hall–Kier alpha value is -2.53. The van der Waals surface area contributed by atoms with Gasteiger partial charge in [0.1, 0.15) is 0 Å². The Kier molecular flexibility index (Phi) is 4.55. The minimum absolute atomic E-state index is 0.00352. The summed E-state index contributed by atoms with van der Waals surface area (Å²) in [5.41, 5.74) is 2.47. The van der Waals surface area contributed by atoms with E-state index < -0.39 is 0 Å². The summed E-state index contributed by atoms with van der Waals surface area (Å²) in [5, 5.41) is 6.62. The van der Waals surface area contributed by atoms with Crippen molar-refractivity contribution in [3.8, 4) is 0 Å². The van der Waals surface area contributed by atoms with E-state index in [1.807, 2.05) is 36.4 Å². The van der Waals surface area contributed by atoms with Gasteiger partial charge in [-0.3, -0.25) is 9.69 Å². The first-order valence-corrected chi connectivity index (χ1v) is 9.21. The van der Waals surface area contributed by atoms with E-state index in [2.05, 4.69) is 10.6 Å². The first kappa shape index (κ1) is 16.9. The van der Waals surface area contributed by atoms with Gasteiger partial charge >= 0.3 is 6.03 Å². The number of rotatable bonds is 5. The molecule has 1 heterocycles. The van der Waals surface area contributed by atoms with Gasteiger partial charge in [0.05, 0.1) is 6.04 Å². The van der Waals surface area contributed by atoms with Gasteiger partial charge in [0.2, 0.25) is 0 Å². The van der Waals surface area contributed by atoms with Crippen LogP contribution in [0, 0.1) is 5.92 Å². The number of amides is 3. The van der Waals surface area contributed by atoms with Gasteiger partial charge in [-0.15, -0.1) is 0 Å². The lowest BCUT2D eigenvalue weighted by molar-refractivity contribution is 0.0931. The van der Waals surface area contributed by atoms with Crippen molar-refractivity contribution < 1.29 is 9.59 Å². The van der Waals surface area contributed by atoms with E-state index in [4.69, 9.17) is 11.6 Å². The highest BCUT2D eigenvalue weighted by atomic mass is 35.5. The molecule has 0 spiro atoms. The summed E-state index contributed by atoms with van der Waals surface area (Å²) in [7, 11) is 0. The van der Waals surface area contributed by atoms with E-state index in [-0.39, 0.29) is 18.0 Å². The molecule has 6 heteroatoms. The summed E-state index contributed by atoms with van der Waals surface area (Å²) in [5.74, 6) is 0.377. The SMILES string of the molecule is O=C(NC(c1ccc(Cl)cc1)C1CC1)c1ccc(N2CCNC2=O)cc1. The quantitative estimate of drug-likeness (QED) is 0.843. The molecule has 0 bridgehead atoms. The second-order valence-corrected chi connectivity index (χ2v) is 7.21. The van der Waals surface area contributed by atoms with Crippen molar-refractivity contribution in [2.75, 3.05) is 18.0 Å². The van der Waals surface area contributed by atoms with E-state index in [1.54, 1.807) is 17.0 Å². The molecule has 1 unspecified atom stereocenters. The third-order valence-corrected chi connectivity index (χ3v) is 5.16. The van der Waals surface area contributed by atoms with Crippen LogP contribution in [0.25, 0.3) is 0 Å². The number of nitrogens with one attached hydrogen (secondary N) is 2. The van der Waals surface area contributed by atoms with Crippen LogP contribution in [0.15, 0.2) is 48.5 Å². The minimum Gasteiger partial charge on any atom is -0.345 e. The van der Waals surface area contributed by atoms with E-state index in [1.165, 1.54) is 0 Å². The highest BCUT2D eigenvalue weighted by molar-refractivity contribution is 6.30. The average molecular weight is 370 g/mol. The molecule has 2 aromatic rings. The first-order valence-electron chi connectivity index (χ1n) is 8.83. The van der Waals surface area contributed by atoms with Gasteiger partial charge in [-0.05, 0) is 60.7 Å². The third kappa shape index (κ3) is 3.53. The van der Waals surface area contributed by atoms with Gasteiger partial charge in [0, 0.05) is 29.4 Å². The number of carbonyl (C=O) groups excluding carboxylic acids is 2. The number of nitrogens with zero attached hydrogens (tertiary/aromatic N) is 1. The Morgan fingerprint density at radius 3 is 2.38 bits per heavy atom. The standard InChI is InChI=1S/C20H20ClN3O2/c21-16-7-3-14(4-8-16)18(13-1-2-13)23-19(25)15-5-9-17(10-6-15)24-12-11-22-20(24)26/h3-10,13,18H,1-2,11-12H2,(H,22,26)(H,23,25). The Bertz CT molecular complexity index is 816. The Morgan fingerprint density at radius 2 is 1.81 bits per heavy atom. The van der Waals surface area contributed by atoms with E-state index in [0.29, 0.717) is 29.6 Å². The molecular weight excluding hydrogens is 350 g/mol. The molecule has 2 fully saturated rings. The Morgan fingerprint density at radius 1 is 1.12 bits per heavy atom. The van der Waals surface area contributed by atoms with Crippen LogP contribution in [0.4, 0.5) is 10.5 Å². The molecule has 5 nitrogen and oxygen atoms in total. The fourth-order valence-corrected chi connectivity index (χ4v) is 3.43. The van der Waals surface area contributed by atoms with E-state index in [9.17, 15) is 9.59 Å². The monoisotopic (exact) mass is 369 g/mol. The lowest BCUT2D eigenvalue weighted by Crippen LogP contribution is -2.30. The number of benzene rings is 2. The van der Waals surface area contributed by atoms with Crippen LogP contribution < -0.4 is 15.5 Å². The molecule has 0 radical (unpaired) electrons. The number of urea groups is 1.